The zero-order chi connectivity index (χ0) is 12.9. The number of urea groups is 1. The number of nitrogens with two attached hydrogens (primary N) is 1. The first-order valence-corrected chi connectivity index (χ1v) is 5.39. The molecule has 3 heterocycles. The van der Waals surface area contributed by atoms with Crippen LogP contribution in [0.2, 0.25) is 0 Å². The number of hydroxylamine groups is 2. The Labute approximate surface area is 102 Å². The molecule has 0 spiro atoms. The van der Waals surface area contributed by atoms with Crippen molar-refractivity contribution in [3.8, 4) is 0 Å². The van der Waals surface area contributed by atoms with Crippen molar-refractivity contribution in [2.75, 3.05) is 13.1 Å². The van der Waals surface area contributed by atoms with Crippen LogP contribution in [-0.2, 0) is 0 Å². The van der Waals surface area contributed by atoms with Gasteiger partial charge in [-0.15, -0.1) is 0 Å². The fourth-order valence-electron chi connectivity index (χ4n) is 2.15. The van der Waals surface area contributed by atoms with Gasteiger partial charge in [0, 0.05) is 12.7 Å². The van der Waals surface area contributed by atoms with Crippen molar-refractivity contribution in [1.82, 2.24) is 19.7 Å². The van der Waals surface area contributed by atoms with E-state index in [1.807, 2.05) is 0 Å². The van der Waals surface area contributed by atoms with E-state index in [1.165, 1.54) is 22.0 Å². The van der Waals surface area contributed by atoms with Gasteiger partial charge >= 0.3 is 6.03 Å². The lowest BCUT2D eigenvalue weighted by atomic mass is 10.2. The molecule has 2 aliphatic rings. The highest BCUT2D eigenvalue weighted by molar-refractivity contribution is 5.92. The molecule has 0 aromatic carbocycles. The van der Waals surface area contributed by atoms with Gasteiger partial charge in [-0.25, -0.2) is 9.48 Å². The fourth-order valence-corrected chi connectivity index (χ4v) is 2.15. The molecule has 1 atom stereocenters. The Morgan fingerprint density at radius 1 is 1.56 bits per heavy atom. The van der Waals surface area contributed by atoms with Crippen LogP contribution in [0.4, 0.5) is 4.79 Å². The second kappa shape index (κ2) is 3.57. The molecule has 1 aromatic heterocycles. The number of primary amides is 1. The molecule has 0 aliphatic carbocycles. The number of hydrogen-bond acceptors (Lipinski definition) is 4. The summed E-state index contributed by atoms with van der Waals surface area (Å²) in [5.74, 6) is -0.555. The average Bonchev–Trinajstić information content (AvgIpc) is 2.91. The molecule has 2 aliphatic heterocycles. The maximum atomic E-state index is 11.5. The third-order valence-electron chi connectivity index (χ3n) is 3.09. The Hall–Kier alpha value is -2.35. The lowest BCUT2D eigenvalue weighted by Crippen LogP contribution is -2.31. The third kappa shape index (κ3) is 1.46. The van der Waals surface area contributed by atoms with Gasteiger partial charge in [-0.1, -0.05) is 0 Å². The molecule has 1 unspecified atom stereocenters. The molecular weight excluding hydrogens is 238 g/mol. The first-order chi connectivity index (χ1) is 8.56. The van der Waals surface area contributed by atoms with Crippen molar-refractivity contribution in [2.24, 2.45) is 5.73 Å². The lowest BCUT2D eigenvalue weighted by molar-refractivity contribution is -0.0450. The molecule has 0 radical (unpaired) electrons. The van der Waals surface area contributed by atoms with Crippen molar-refractivity contribution >= 4 is 17.6 Å². The fraction of sp³-hybridized carbons (Fsp3) is 0.300. The SMILES string of the molecule is NC(=O)c1cnn(C2=CC3CN(C2)C(=O)N3O)c1. The number of carbonyl (C=O) groups is 2. The van der Waals surface area contributed by atoms with E-state index < -0.39 is 11.9 Å². The van der Waals surface area contributed by atoms with Gasteiger partial charge in [0.05, 0.1) is 30.0 Å². The topological polar surface area (TPSA) is 105 Å². The minimum Gasteiger partial charge on any atom is -0.366 e. The molecule has 1 saturated heterocycles. The van der Waals surface area contributed by atoms with Crippen LogP contribution in [0.3, 0.4) is 0 Å². The Balaban J connectivity index is 1.92. The summed E-state index contributed by atoms with van der Waals surface area (Å²) in [4.78, 5) is 24.0. The smallest absolute Gasteiger partial charge is 0.344 e. The van der Waals surface area contributed by atoms with E-state index in [0.717, 1.165) is 5.70 Å². The van der Waals surface area contributed by atoms with Crippen LogP contribution in [0.1, 0.15) is 10.4 Å². The van der Waals surface area contributed by atoms with Gasteiger partial charge in [0.1, 0.15) is 0 Å². The molecule has 8 heteroatoms. The number of carbonyl (C=O) groups excluding carboxylic acids is 2. The quantitative estimate of drug-likeness (QED) is 0.678. The third-order valence-corrected chi connectivity index (χ3v) is 3.09. The first-order valence-electron chi connectivity index (χ1n) is 5.39. The van der Waals surface area contributed by atoms with E-state index >= 15 is 0 Å². The van der Waals surface area contributed by atoms with E-state index in [9.17, 15) is 14.8 Å². The number of fused-ring (bicyclic) bond motifs is 2. The van der Waals surface area contributed by atoms with Crippen LogP contribution >= 0.6 is 0 Å². The normalized spacial score (nSPS) is 22.4. The van der Waals surface area contributed by atoms with E-state index in [4.69, 9.17) is 5.73 Å². The summed E-state index contributed by atoms with van der Waals surface area (Å²) < 4.78 is 1.49. The van der Waals surface area contributed by atoms with Crippen molar-refractivity contribution < 1.29 is 14.8 Å². The Bertz CT molecular complexity index is 564. The van der Waals surface area contributed by atoms with E-state index in [2.05, 4.69) is 5.10 Å². The molecular formula is C10H11N5O3. The van der Waals surface area contributed by atoms with Crippen LogP contribution < -0.4 is 5.73 Å². The number of aromatic nitrogens is 2. The number of hydrogen-bond donors (Lipinski definition) is 2. The summed E-state index contributed by atoms with van der Waals surface area (Å²) in [6, 6.07) is -0.795. The molecule has 1 aromatic rings. The van der Waals surface area contributed by atoms with E-state index in [-0.39, 0.29) is 6.04 Å². The predicted molar refractivity (Wildman–Crippen MR) is 59.4 cm³/mol. The lowest BCUT2D eigenvalue weighted by Gasteiger charge is -2.20. The molecule has 8 nitrogen and oxygen atoms in total. The second-order valence-electron chi connectivity index (χ2n) is 4.27. The summed E-state index contributed by atoms with van der Waals surface area (Å²) in [7, 11) is 0. The zero-order valence-corrected chi connectivity index (χ0v) is 9.35. The standard InChI is InChI=1S/C10H11N5O3/c11-9(16)6-2-12-14(3-6)7-1-8-5-13(4-7)10(17)15(8)18/h1-3,8,18H,4-5H2,(H2,11,16). The highest BCUT2D eigenvalue weighted by Gasteiger charge is 2.39. The Morgan fingerprint density at radius 2 is 2.33 bits per heavy atom. The van der Waals surface area contributed by atoms with Gasteiger partial charge in [-0.3, -0.25) is 10.0 Å². The summed E-state index contributed by atoms with van der Waals surface area (Å²) in [5, 5.41) is 14.2. The maximum Gasteiger partial charge on any atom is 0.344 e. The molecule has 0 saturated carbocycles. The van der Waals surface area contributed by atoms with Crippen LogP contribution in [0.5, 0.6) is 0 Å². The number of amides is 3. The Kier molecular flexibility index (Phi) is 2.14. The van der Waals surface area contributed by atoms with Crippen LogP contribution in [0, 0.1) is 0 Å². The largest absolute Gasteiger partial charge is 0.366 e. The highest BCUT2D eigenvalue weighted by Crippen LogP contribution is 2.24. The molecule has 3 rings (SSSR count). The van der Waals surface area contributed by atoms with E-state index in [0.29, 0.717) is 23.7 Å². The molecule has 3 amide bonds. The predicted octanol–water partition coefficient (Wildman–Crippen LogP) is -0.668. The monoisotopic (exact) mass is 249 g/mol. The van der Waals surface area contributed by atoms with Gasteiger partial charge in [-0.05, 0) is 6.08 Å². The Morgan fingerprint density at radius 3 is 2.94 bits per heavy atom. The van der Waals surface area contributed by atoms with Crippen LogP contribution in [0.15, 0.2) is 18.5 Å². The first kappa shape index (κ1) is 10.8. The van der Waals surface area contributed by atoms with E-state index in [1.54, 1.807) is 6.08 Å². The molecule has 3 N–H and O–H groups in total. The molecule has 2 bridgehead atoms. The van der Waals surface area contributed by atoms with Gasteiger partial charge < -0.3 is 10.6 Å². The maximum absolute atomic E-state index is 11.5. The molecule has 18 heavy (non-hydrogen) atoms. The van der Waals surface area contributed by atoms with Gasteiger partial charge in [0.2, 0.25) is 0 Å². The van der Waals surface area contributed by atoms with Crippen LogP contribution in [0.25, 0.3) is 5.70 Å². The number of nitrogens with zero attached hydrogens (tertiary/aromatic N) is 4. The second-order valence-corrected chi connectivity index (χ2v) is 4.27. The van der Waals surface area contributed by atoms with Gasteiger partial charge in [0.25, 0.3) is 5.91 Å². The van der Waals surface area contributed by atoms with Crippen molar-refractivity contribution in [2.45, 2.75) is 6.04 Å². The van der Waals surface area contributed by atoms with Gasteiger partial charge in [-0.2, -0.15) is 10.2 Å². The molecule has 94 valence electrons. The summed E-state index contributed by atoms with van der Waals surface area (Å²) >= 11 is 0. The van der Waals surface area contributed by atoms with Crippen molar-refractivity contribution in [3.05, 3.63) is 24.0 Å². The zero-order valence-electron chi connectivity index (χ0n) is 9.35. The minimum atomic E-state index is -0.555. The van der Waals surface area contributed by atoms with Gasteiger partial charge in [0.15, 0.2) is 0 Å². The minimum absolute atomic E-state index is 0.302. The number of rotatable bonds is 2. The van der Waals surface area contributed by atoms with Crippen molar-refractivity contribution in [1.29, 1.82) is 0 Å². The summed E-state index contributed by atoms with van der Waals surface area (Å²) in [6.45, 7) is 0.801. The molecule has 1 fully saturated rings. The summed E-state index contributed by atoms with van der Waals surface area (Å²) in [6.07, 6.45) is 4.62. The highest BCUT2D eigenvalue weighted by atomic mass is 16.5. The van der Waals surface area contributed by atoms with Crippen molar-refractivity contribution in [3.63, 3.8) is 0 Å². The average molecular weight is 249 g/mol. The summed E-state index contributed by atoms with van der Waals surface area (Å²) in [5.41, 5.74) is 6.17. The van der Waals surface area contributed by atoms with Crippen LogP contribution in [-0.4, -0.2) is 56.0 Å².